The number of nitrogens with one attached hydrogen (secondary N) is 1. The Morgan fingerprint density at radius 1 is 1.38 bits per heavy atom. The molecule has 0 aliphatic carbocycles. The Morgan fingerprint density at radius 3 is 2.85 bits per heavy atom. The number of hydrogen-bond donors (Lipinski definition) is 2. The Bertz CT molecular complexity index is 581. The molecule has 1 aliphatic heterocycles. The van der Waals surface area contributed by atoms with Crippen LogP contribution in [0.2, 0.25) is 0 Å². The average Bonchev–Trinajstić information content (AvgIpc) is 2.64. The molecule has 0 unspecified atom stereocenters. The van der Waals surface area contributed by atoms with Gasteiger partial charge in [-0.2, -0.15) is 8.78 Å². The predicted octanol–water partition coefficient (Wildman–Crippen LogP) is 1.42. The van der Waals surface area contributed by atoms with Crippen molar-refractivity contribution in [3.8, 4) is 11.5 Å². The van der Waals surface area contributed by atoms with E-state index >= 15 is 0 Å². The second kappa shape index (κ2) is 10.8. The van der Waals surface area contributed by atoms with Gasteiger partial charge >= 0.3 is 6.61 Å². The van der Waals surface area contributed by atoms with Gasteiger partial charge in [0.05, 0.1) is 26.9 Å². The molecule has 1 saturated heterocycles. The lowest BCUT2D eigenvalue weighted by atomic mass is 10.2. The topological polar surface area (TPSA) is 81.3 Å². The Labute approximate surface area is 152 Å². The molecule has 0 atom stereocenters. The fourth-order valence-electron chi connectivity index (χ4n) is 2.57. The highest BCUT2D eigenvalue weighted by Gasteiger charge is 2.11. The molecule has 9 heteroatoms. The van der Waals surface area contributed by atoms with E-state index < -0.39 is 6.61 Å². The number of halogens is 2. The molecule has 1 fully saturated rings. The lowest BCUT2D eigenvalue weighted by Gasteiger charge is -2.26. The van der Waals surface area contributed by atoms with Crippen LogP contribution < -0.4 is 20.5 Å². The first-order valence-electron chi connectivity index (χ1n) is 8.54. The Morgan fingerprint density at radius 2 is 2.15 bits per heavy atom. The van der Waals surface area contributed by atoms with Crippen molar-refractivity contribution in [1.82, 2.24) is 10.2 Å². The second-order valence-electron chi connectivity index (χ2n) is 5.79. The van der Waals surface area contributed by atoms with Crippen LogP contribution in [-0.2, 0) is 11.3 Å². The van der Waals surface area contributed by atoms with Gasteiger partial charge in [0.15, 0.2) is 5.96 Å². The summed E-state index contributed by atoms with van der Waals surface area (Å²) in [6, 6.07) is 4.70. The van der Waals surface area contributed by atoms with Gasteiger partial charge in [0, 0.05) is 31.3 Å². The number of guanidine groups is 1. The van der Waals surface area contributed by atoms with E-state index in [2.05, 4.69) is 19.9 Å². The van der Waals surface area contributed by atoms with E-state index in [1.165, 1.54) is 13.2 Å². The molecule has 0 amide bonds. The summed E-state index contributed by atoms with van der Waals surface area (Å²) in [4.78, 5) is 6.52. The Hall–Kier alpha value is -2.13. The van der Waals surface area contributed by atoms with Crippen LogP contribution in [0.5, 0.6) is 11.5 Å². The molecule has 0 bridgehead atoms. The molecule has 0 spiro atoms. The number of alkyl halides is 2. The zero-order valence-electron chi connectivity index (χ0n) is 14.9. The van der Waals surface area contributed by atoms with Gasteiger partial charge in [-0.1, -0.05) is 0 Å². The third kappa shape index (κ3) is 7.01. The lowest BCUT2D eigenvalue weighted by Crippen LogP contribution is -2.39. The molecular weight excluding hydrogens is 346 g/mol. The third-order valence-electron chi connectivity index (χ3n) is 3.97. The van der Waals surface area contributed by atoms with Crippen molar-refractivity contribution in [3.63, 3.8) is 0 Å². The minimum absolute atomic E-state index is 0.0308. The number of rotatable bonds is 9. The van der Waals surface area contributed by atoms with Crippen molar-refractivity contribution >= 4 is 5.96 Å². The minimum Gasteiger partial charge on any atom is -0.497 e. The smallest absolute Gasteiger partial charge is 0.387 e. The van der Waals surface area contributed by atoms with Crippen molar-refractivity contribution in [2.24, 2.45) is 10.7 Å². The summed E-state index contributed by atoms with van der Waals surface area (Å²) in [5.74, 6) is 0.733. The summed E-state index contributed by atoms with van der Waals surface area (Å²) in [5, 5.41) is 3.03. The summed E-state index contributed by atoms with van der Waals surface area (Å²) < 4.78 is 39.9. The van der Waals surface area contributed by atoms with Crippen LogP contribution in [0.25, 0.3) is 0 Å². The SMILES string of the molecule is COc1ccc(CN=C(N)NCCCN2CCOCC2)c(OC(F)F)c1. The highest BCUT2D eigenvalue weighted by Crippen LogP contribution is 2.26. The Balaban J connectivity index is 1.79. The summed E-state index contributed by atoms with van der Waals surface area (Å²) in [6.45, 7) is 2.34. The monoisotopic (exact) mass is 372 g/mol. The number of benzene rings is 1. The summed E-state index contributed by atoms with van der Waals surface area (Å²) in [7, 11) is 1.46. The normalized spacial score (nSPS) is 15.9. The molecule has 26 heavy (non-hydrogen) atoms. The van der Waals surface area contributed by atoms with Crippen LogP contribution in [0, 0.1) is 0 Å². The van der Waals surface area contributed by atoms with Crippen molar-refractivity contribution in [2.45, 2.75) is 19.6 Å². The maximum absolute atomic E-state index is 12.5. The van der Waals surface area contributed by atoms with Crippen molar-refractivity contribution < 1.29 is 23.0 Å². The van der Waals surface area contributed by atoms with Gasteiger partial charge in [-0.3, -0.25) is 4.90 Å². The highest BCUT2D eigenvalue weighted by atomic mass is 19.3. The van der Waals surface area contributed by atoms with E-state index in [0.29, 0.717) is 17.9 Å². The van der Waals surface area contributed by atoms with Gasteiger partial charge in [0.1, 0.15) is 11.5 Å². The van der Waals surface area contributed by atoms with Gasteiger partial charge in [-0.25, -0.2) is 4.99 Å². The number of methoxy groups -OCH3 is 1. The molecule has 3 N–H and O–H groups in total. The number of morpholine rings is 1. The second-order valence-corrected chi connectivity index (χ2v) is 5.79. The number of aliphatic imine (C=N–C) groups is 1. The van der Waals surface area contributed by atoms with Crippen LogP contribution in [0.1, 0.15) is 12.0 Å². The van der Waals surface area contributed by atoms with Gasteiger partial charge < -0.3 is 25.3 Å². The van der Waals surface area contributed by atoms with Gasteiger partial charge in [0.2, 0.25) is 0 Å². The van der Waals surface area contributed by atoms with Crippen molar-refractivity contribution in [3.05, 3.63) is 23.8 Å². The van der Waals surface area contributed by atoms with E-state index in [0.717, 1.165) is 39.3 Å². The highest BCUT2D eigenvalue weighted by molar-refractivity contribution is 5.77. The van der Waals surface area contributed by atoms with Gasteiger partial charge in [0.25, 0.3) is 0 Å². The average molecular weight is 372 g/mol. The molecule has 1 heterocycles. The zero-order chi connectivity index (χ0) is 18.8. The molecule has 1 aliphatic rings. The minimum atomic E-state index is -2.92. The quantitative estimate of drug-likeness (QED) is 0.388. The predicted molar refractivity (Wildman–Crippen MR) is 94.8 cm³/mol. The molecule has 2 rings (SSSR count). The number of nitrogens with zero attached hydrogens (tertiary/aromatic N) is 2. The molecular formula is C17H26F2N4O3. The number of hydrogen-bond acceptors (Lipinski definition) is 5. The van der Waals surface area contributed by atoms with Crippen LogP contribution in [0.4, 0.5) is 8.78 Å². The van der Waals surface area contributed by atoms with Gasteiger partial charge in [-0.05, 0) is 25.1 Å². The van der Waals surface area contributed by atoms with Crippen LogP contribution >= 0.6 is 0 Å². The maximum atomic E-state index is 12.5. The zero-order valence-corrected chi connectivity index (χ0v) is 14.9. The van der Waals surface area contributed by atoms with E-state index in [1.54, 1.807) is 12.1 Å². The van der Waals surface area contributed by atoms with E-state index in [1.807, 2.05) is 0 Å². The fraction of sp³-hybridized carbons (Fsp3) is 0.588. The summed E-state index contributed by atoms with van der Waals surface area (Å²) in [6.07, 6.45) is 0.929. The molecule has 0 saturated carbocycles. The number of nitrogens with two attached hydrogens (primary N) is 1. The van der Waals surface area contributed by atoms with Gasteiger partial charge in [-0.15, -0.1) is 0 Å². The first-order chi connectivity index (χ1) is 12.6. The molecule has 1 aromatic rings. The van der Waals surface area contributed by atoms with Crippen molar-refractivity contribution in [1.29, 1.82) is 0 Å². The Kier molecular flexibility index (Phi) is 8.36. The summed E-state index contributed by atoms with van der Waals surface area (Å²) in [5.41, 5.74) is 6.34. The van der Waals surface area contributed by atoms with Crippen molar-refractivity contribution in [2.75, 3.05) is 46.5 Å². The molecule has 0 radical (unpaired) electrons. The lowest BCUT2D eigenvalue weighted by molar-refractivity contribution is -0.0505. The molecule has 1 aromatic carbocycles. The number of ether oxygens (including phenoxy) is 3. The van der Waals surface area contributed by atoms with Crippen LogP contribution in [0.3, 0.4) is 0 Å². The summed E-state index contributed by atoms with van der Waals surface area (Å²) >= 11 is 0. The molecule has 7 nitrogen and oxygen atoms in total. The van der Waals surface area contributed by atoms with Crippen LogP contribution in [0.15, 0.2) is 23.2 Å². The largest absolute Gasteiger partial charge is 0.497 e. The molecule has 0 aromatic heterocycles. The maximum Gasteiger partial charge on any atom is 0.387 e. The van der Waals surface area contributed by atoms with E-state index in [9.17, 15) is 8.78 Å². The fourth-order valence-corrected chi connectivity index (χ4v) is 2.57. The standard InChI is InChI=1S/C17H26F2N4O3/c1-24-14-4-3-13(15(11-14)26-16(18)19)12-22-17(20)21-5-2-6-23-7-9-25-10-8-23/h3-4,11,16H,2,5-10,12H2,1H3,(H3,20,21,22). The molecule has 146 valence electrons. The first kappa shape index (κ1) is 20.2. The third-order valence-corrected chi connectivity index (χ3v) is 3.97. The van der Waals surface area contributed by atoms with E-state index in [4.69, 9.17) is 15.2 Å². The first-order valence-corrected chi connectivity index (χ1v) is 8.54. The van der Waals surface area contributed by atoms with Crippen LogP contribution in [-0.4, -0.2) is 64.0 Å². The van der Waals surface area contributed by atoms with E-state index in [-0.39, 0.29) is 18.3 Å².